The van der Waals surface area contributed by atoms with Gasteiger partial charge in [0.15, 0.2) is 0 Å². The first-order chi connectivity index (χ1) is 9.06. The predicted molar refractivity (Wildman–Crippen MR) is 79.2 cm³/mol. The third-order valence-electron chi connectivity index (χ3n) is 3.09. The van der Waals surface area contributed by atoms with Crippen LogP contribution in [-0.2, 0) is 12.8 Å². The molecule has 0 amide bonds. The van der Waals surface area contributed by atoms with Crippen molar-refractivity contribution in [3.05, 3.63) is 70.0 Å². The Morgan fingerprint density at radius 3 is 2.26 bits per heavy atom. The van der Waals surface area contributed by atoms with E-state index in [-0.39, 0.29) is 10.8 Å². The van der Waals surface area contributed by atoms with E-state index in [1.807, 2.05) is 0 Å². The molecule has 100 valence electrons. The summed E-state index contributed by atoms with van der Waals surface area (Å²) in [5, 5.41) is 0.189. The first-order valence-corrected chi connectivity index (χ1v) is 6.94. The van der Waals surface area contributed by atoms with Gasteiger partial charge in [0.25, 0.3) is 0 Å². The standard InChI is InChI=1S/C17H18ClF/c1-12(2)10-13-6-8-14(9-7-13)11-15-4-3-5-16(18)17(15)19/h3-9,12H,10-11H2,1-2H3. The van der Waals surface area contributed by atoms with Gasteiger partial charge in [-0.25, -0.2) is 4.39 Å². The summed E-state index contributed by atoms with van der Waals surface area (Å²) in [4.78, 5) is 0. The molecule has 0 spiro atoms. The topological polar surface area (TPSA) is 0 Å². The van der Waals surface area contributed by atoms with Gasteiger partial charge in [-0.15, -0.1) is 0 Å². The molecule has 0 saturated heterocycles. The Balaban J connectivity index is 2.13. The van der Waals surface area contributed by atoms with Crippen molar-refractivity contribution in [3.63, 3.8) is 0 Å². The molecular weight excluding hydrogens is 259 g/mol. The summed E-state index contributed by atoms with van der Waals surface area (Å²) in [6, 6.07) is 13.5. The molecule has 0 atom stereocenters. The predicted octanol–water partition coefficient (Wildman–Crippen LogP) is 5.27. The minimum atomic E-state index is -0.310. The minimum absolute atomic E-state index is 0.189. The molecule has 0 bridgehead atoms. The Kier molecular flexibility index (Phi) is 4.60. The van der Waals surface area contributed by atoms with Crippen LogP contribution in [0.1, 0.15) is 30.5 Å². The maximum absolute atomic E-state index is 13.8. The van der Waals surface area contributed by atoms with Crippen LogP contribution < -0.4 is 0 Å². The highest BCUT2D eigenvalue weighted by Gasteiger charge is 2.07. The third-order valence-corrected chi connectivity index (χ3v) is 3.38. The number of rotatable bonds is 4. The maximum Gasteiger partial charge on any atom is 0.145 e. The zero-order valence-corrected chi connectivity index (χ0v) is 12.0. The molecule has 0 radical (unpaired) electrons. The lowest BCUT2D eigenvalue weighted by Crippen LogP contribution is -1.96. The molecule has 19 heavy (non-hydrogen) atoms. The van der Waals surface area contributed by atoms with Crippen LogP contribution in [0.3, 0.4) is 0 Å². The van der Waals surface area contributed by atoms with Gasteiger partial charge in [-0.3, -0.25) is 0 Å². The summed E-state index contributed by atoms with van der Waals surface area (Å²) < 4.78 is 13.8. The molecule has 2 aromatic carbocycles. The van der Waals surface area contributed by atoms with Gasteiger partial charge >= 0.3 is 0 Å². The van der Waals surface area contributed by atoms with E-state index in [4.69, 9.17) is 11.6 Å². The van der Waals surface area contributed by atoms with Crippen molar-refractivity contribution < 1.29 is 4.39 Å². The van der Waals surface area contributed by atoms with Gasteiger partial charge in [0.1, 0.15) is 5.82 Å². The zero-order valence-electron chi connectivity index (χ0n) is 11.3. The normalized spacial score (nSPS) is 11.0. The van der Waals surface area contributed by atoms with Crippen molar-refractivity contribution in [3.8, 4) is 0 Å². The van der Waals surface area contributed by atoms with Crippen molar-refractivity contribution in [2.45, 2.75) is 26.7 Å². The number of hydrogen-bond acceptors (Lipinski definition) is 0. The molecule has 2 aromatic rings. The third kappa shape index (κ3) is 3.81. The SMILES string of the molecule is CC(C)Cc1ccc(Cc2cccc(Cl)c2F)cc1. The highest BCUT2D eigenvalue weighted by molar-refractivity contribution is 6.30. The van der Waals surface area contributed by atoms with Gasteiger partial charge in [0.05, 0.1) is 5.02 Å². The van der Waals surface area contributed by atoms with Crippen LogP contribution in [-0.4, -0.2) is 0 Å². The number of halogens is 2. The molecule has 2 rings (SSSR count). The molecule has 0 aliphatic heterocycles. The summed E-state index contributed by atoms with van der Waals surface area (Å²) in [6.45, 7) is 4.41. The van der Waals surface area contributed by atoms with E-state index in [1.54, 1.807) is 18.2 Å². The van der Waals surface area contributed by atoms with Crippen LogP contribution in [0, 0.1) is 11.7 Å². The Bertz CT molecular complexity index is 544. The summed E-state index contributed by atoms with van der Waals surface area (Å²) in [7, 11) is 0. The molecule has 0 unspecified atom stereocenters. The van der Waals surface area contributed by atoms with Crippen LogP contribution in [0.25, 0.3) is 0 Å². The van der Waals surface area contributed by atoms with E-state index in [9.17, 15) is 4.39 Å². The van der Waals surface area contributed by atoms with Crippen molar-refractivity contribution in [1.82, 2.24) is 0 Å². The highest BCUT2D eigenvalue weighted by atomic mass is 35.5. The number of benzene rings is 2. The fourth-order valence-electron chi connectivity index (χ4n) is 2.17. The van der Waals surface area contributed by atoms with Gasteiger partial charge in [0, 0.05) is 6.42 Å². The second-order valence-corrected chi connectivity index (χ2v) is 5.71. The first kappa shape index (κ1) is 14.1. The lowest BCUT2D eigenvalue weighted by molar-refractivity contribution is 0.614. The summed E-state index contributed by atoms with van der Waals surface area (Å²) >= 11 is 5.79. The Labute approximate surface area is 119 Å². The highest BCUT2D eigenvalue weighted by Crippen LogP contribution is 2.21. The van der Waals surface area contributed by atoms with Crippen LogP contribution in [0.5, 0.6) is 0 Å². The number of hydrogen-bond donors (Lipinski definition) is 0. The van der Waals surface area contributed by atoms with Gasteiger partial charge in [-0.05, 0) is 35.1 Å². The maximum atomic E-state index is 13.8. The van der Waals surface area contributed by atoms with Gasteiger partial charge in [-0.2, -0.15) is 0 Å². The average Bonchev–Trinajstić information content (AvgIpc) is 2.37. The Hall–Kier alpha value is -1.34. The zero-order chi connectivity index (χ0) is 13.8. The van der Waals surface area contributed by atoms with Crippen LogP contribution in [0.15, 0.2) is 42.5 Å². The van der Waals surface area contributed by atoms with E-state index in [1.165, 1.54) is 5.56 Å². The molecule has 0 fully saturated rings. The molecule has 2 heteroatoms. The molecule has 0 aromatic heterocycles. The molecule has 0 aliphatic carbocycles. The quantitative estimate of drug-likeness (QED) is 0.714. The van der Waals surface area contributed by atoms with Crippen LogP contribution in [0.4, 0.5) is 4.39 Å². The Morgan fingerprint density at radius 2 is 1.63 bits per heavy atom. The van der Waals surface area contributed by atoms with E-state index >= 15 is 0 Å². The second-order valence-electron chi connectivity index (χ2n) is 5.30. The summed E-state index contributed by atoms with van der Waals surface area (Å²) in [5.74, 6) is 0.339. The van der Waals surface area contributed by atoms with E-state index in [2.05, 4.69) is 38.1 Å². The van der Waals surface area contributed by atoms with Crippen LogP contribution in [0.2, 0.25) is 5.02 Å². The van der Waals surface area contributed by atoms with Crippen molar-refractivity contribution in [2.24, 2.45) is 5.92 Å². The summed E-state index contributed by atoms with van der Waals surface area (Å²) in [6.07, 6.45) is 1.65. The van der Waals surface area contributed by atoms with Gasteiger partial charge in [-0.1, -0.05) is 61.8 Å². The molecule has 0 nitrogen and oxygen atoms in total. The van der Waals surface area contributed by atoms with Crippen molar-refractivity contribution in [1.29, 1.82) is 0 Å². The average molecular weight is 277 g/mol. The lowest BCUT2D eigenvalue weighted by atomic mass is 9.99. The van der Waals surface area contributed by atoms with E-state index in [0.717, 1.165) is 12.0 Å². The molecular formula is C17H18ClF. The Morgan fingerprint density at radius 1 is 1.00 bits per heavy atom. The van der Waals surface area contributed by atoms with E-state index < -0.39 is 0 Å². The van der Waals surface area contributed by atoms with Gasteiger partial charge in [0.2, 0.25) is 0 Å². The minimum Gasteiger partial charge on any atom is -0.205 e. The van der Waals surface area contributed by atoms with Gasteiger partial charge < -0.3 is 0 Å². The first-order valence-electron chi connectivity index (χ1n) is 6.57. The second kappa shape index (κ2) is 6.21. The summed E-state index contributed by atoms with van der Waals surface area (Å²) in [5.41, 5.74) is 3.07. The molecule has 0 saturated carbocycles. The molecule has 0 heterocycles. The smallest absolute Gasteiger partial charge is 0.145 e. The van der Waals surface area contributed by atoms with Crippen molar-refractivity contribution >= 4 is 11.6 Å². The fourth-order valence-corrected chi connectivity index (χ4v) is 2.36. The van der Waals surface area contributed by atoms with Crippen LogP contribution >= 0.6 is 11.6 Å². The lowest BCUT2D eigenvalue weighted by Gasteiger charge is -2.08. The fraction of sp³-hybridized carbons (Fsp3) is 0.294. The van der Waals surface area contributed by atoms with E-state index in [0.29, 0.717) is 17.9 Å². The monoisotopic (exact) mass is 276 g/mol. The van der Waals surface area contributed by atoms with Crippen molar-refractivity contribution in [2.75, 3.05) is 0 Å². The largest absolute Gasteiger partial charge is 0.205 e. The molecule has 0 N–H and O–H groups in total. The molecule has 0 aliphatic rings.